The van der Waals surface area contributed by atoms with E-state index in [1.165, 1.54) is 0 Å². The van der Waals surface area contributed by atoms with Crippen molar-refractivity contribution in [1.82, 2.24) is 4.90 Å². The van der Waals surface area contributed by atoms with Crippen molar-refractivity contribution in [3.05, 3.63) is 35.4 Å². The molecule has 1 fully saturated rings. The predicted molar refractivity (Wildman–Crippen MR) is 79.2 cm³/mol. The van der Waals surface area contributed by atoms with Crippen LogP contribution in [0, 0.1) is 0 Å². The number of hydrogen-bond donors (Lipinski definition) is 2. The van der Waals surface area contributed by atoms with Crippen molar-refractivity contribution >= 4 is 11.7 Å². The highest BCUT2D eigenvalue weighted by atomic mass is 16.5. The molecular formula is C15H21N3O3. The van der Waals surface area contributed by atoms with Gasteiger partial charge in [-0.05, 0) is 19.4 Å². The number of benzene rings is 1. The maximum atomic E-state index is 12.4. The van der Waals surface area contributed by atoms with Gasteiger partial charge in [-0.3, -0.25) is 4.79 Å². The van der Waals surface area contributed by atoms with Gasteiger partial charge in [0.15, 0.2) is 5.84 Å². The van der Waals surface area contributed by atoms with Crippen LogP contribution in [0.1, 0.15) is 25.0 Å². The van der Waals surface area contributed by atoms with Crippen LogP contribution in [0.25, 0.3) is 0 Å². The summed E-state index contributed by atoms with van der Waals surface area (Å²) in [5.41, 5.74) is 7.04. The van der Waals surface area contributed by atoms with Crippen LogP contribution >= 0.6 is 0 Å². The fraction of sp³-hybridized carbons (Fsp3) is 0.467. The van der Waals surface area contributed by atoms with Crippen molar-refractivity contribution in [3.8, 4) is 0 Å². The van der Waals surface area contributed by atoms with Gasteiger partial charge >= 0.3 is 0 Å². The SMILES string of the molecule is CC1CN(C(=O)Cc2ccc(C(N)=NO)cc2)C(C)CO1. The van der Waals surface area contributed by atoms with Crippen LogP contribution in [-0.4, -0.2) is 47.1 Å². The zero-order valence-electron chi connectivity index (χ0n) is 12.3. The summed E-state index contributed by atoms with van der Waals surface area (Å²) < 4.78 is 5.53. The lowest BCUT2D eigenvalue weighted by atomic mass is 10.1. The largest absolute Gasteiger partial charge is 0.409 e. The van der Waals surface area contributed by atoms with Crippen molar-refractivity contribution in [3.63, 3.8) is 0 Å². The van der Waals surface area contributed by atoms with Gasteiger partial charge in [0.05, 0.1) is 25.2 Å². The van der Waals surface area contributed by atoms with Gasteiger partial charge in [-0.25, -0.2) is 0 Å². The van der Waals surface area contributed by atoms with Crippen LogP contribution < -0.4 is 5.73 Å². The minimum atomic E-state index is 0.0588. The predicted octanol–water partition coefficient (Wildman–Crippen LogP) is 0.959. The van der Waals surface area contributed by atoms with Gasteiger partial charge in [-0.15, -0.1) is 0 Å². The van der Waals surface area contributed by atoms with Crippen LogP contribution in [0.15, 0.2) is 29.4 Å². The number of hydrogen-bond acceptors (Lipinski definition) is 4. The number of nitrogens with two attached hydrogens (primary N) is 1. The second-order valence-corrected chi connectivity index (χ2v) is 5.40. The highest BCUT2D eigenvalue weighted by molar-refractivity contribution is 5.97. The number of carbonyl (C=O) groups excluding carboxylic acids is 1. The number of amidine groups is 1. The molecule has 0 aliphatic carbocycles. The summed E-state index contributed by atoms with van der Waals surface area (Å²) in [7, 11) is 0. The topological polar surface area (TPSA) is 88.2 Å². The van der Waals surface area contributed by atoms with E-state index >= 15 is 0 Å². The summed E-state index contributed by atoms with van der Waals surface area (Å²) in [4.78, 5) is 14.2. The van der Waals surface area contributed by atoms with Gasteiger partial charge in [0.25, 0.3) is 0 Å². The monoisotopic (exact) mass is 291 g/mol. The van der Waals surface area contributed by atoms with Crippen molar-refractivity contribution in [2.45, 2.75) is 32.4 Å². The summed E-state index contributed by atoms with van der Waals surface area (Å²) in [5.74, 6) is 0.151. The Bertz CT molecular complexity index is 527. The first-order chi connectivity index (χ1) is 10.0. The summed E-state index contributed by atoms with van der Waals surface area (Å²) in [5, 5.41) is 11.6. The van der Waals surface area contributed by atoms with Crippen LogP contribution in [0.3, 0.4) is 0 Å². The molecule has 1 aromatic carbocycles. The van der Waals surface area contributed by atoms with E-state index in [1.54, 1.807) is 12.1 Å². The lowest BCUT2D eigenvalue weighted by Gasteiger charge is -2.37. The molecule has 6 nitrogen and oxygen atoms in total. The molecule has 1 amide bonds. The van der Waals surface area contributed by atoms with E-state index in [1.807, 2.05) is 30.9 Å². The molecule has 1 aromatic rings. The summed E-state index contributed by atoms with van der Waals surface area (Å²) in [6.07, 6.45) is 0.418. The number of morpholine rings is 1. The number of ether oxygens (including phenoxy) is 1. The molecule has 0 radical (unpaired) electrons. The van der Waals surface area contributed by atoms with Crippen molar-refractivity contribution in [2.24, 2.45) is 10.9 Å². The van der Waals surface area contributed by atoms with Crippen LogP contribution in [-0.2, 0) is 16.0 Å². The van der Waals surface area contributed by atoms with Crippen molar-refractivity contribution < 1.29 is 14.7 Å². The number of carbonyl (C=O) groups is 1. The first-order valence-corrected chi connectivity index (χ1v) is 6.99. The number of amides is 1. The average Bonchev–Trinajstić information content (AvgIpc) is 2.49. The van der Waals surface area contributed by atoms with Crippen molar-refractivity contribution in [1.29, 1.82) is 0 Å². The standard InChI is InChI=1S/C15H21N3O3/c1-10-9-21-11(2)8-18(10)14(19)7-12-3-5-13(6-4-12)15(16)17-20/h3-6,10-11,20H,7-9H2,1-2H3,(H2,16,17). The van der Waals surface area contributed by atoms with Crippen LogP contribution in [0.5, 0.6) is 0 Å². The molecule has 2 atom stereocenters. The quantitative estimate of drug-likeness (QED) is 0.376. The van der Waals surface area contributed by atoms with E-state index < -0.39 is 0 Å². The molecule has 2 unspecified atom stereocenters. The molecule has 0 saturated carbocycles. The molecule has 1 aliphatic rings. The molecule has 0 bridgehead atoms. The highest BCUT2D eigenvalue weighted by Crippen LogP contribution is 2.14. The molecule has 1 heterocycles. The minimum Gasteiger partial charge on any atom is -0.409 e. The Labute approximate surface area is 124 Å². The zero-order chi connectivity index (χ0) is 15.4. The lowest BCUT2D eigenvalue weighted by molar-refractivity contribution is -0.142. The molecule has 1 aliphatic heterocycles. The van der Waals surface area contributed by atoms with Gasteiger partial charge < -0.3 is 20.6 Å². The Balaban J connectivity index is 2.02. The molecule has 2 rings (SSSR count). The molecule has 6 heteroatoms. The second-order valence-electron chi connectivity index (χ2n) is 5.40. The smallest absolute Gasteiger partial charge is 0.227 e. The molecule has 0 aromatic heterocycles. The van der Waals surface area contributed by atoms with E-state index in [4.69, 9.17) is 15.7 Å². The van der Waals surface area contributed by atoms with Gasteiger partial charge in [0, 0.05) is 12.1 Å². The van der Waals surface area contributed by atoms with E-state index in [9.17, 15) is 4.79 Å². The second kappa shape index (κ2) is 6.58. The first kappa shape index (κ1) is 15.3. The Morgan fingerprint density at radius 2 is 2.10 bits per heavy atom. The number of nitrogens with zero attached hydrogens (tertiary/aromatic N) is 2. The fourth-order valence-electron chi connectivity index (χ4n) is 2.38. The highest BCUT2D eigenvalue weighted by Gasteiger charge is 2.27. The maximum absolute atomic E-state index is 12.4. The summed E-state index contributed by atoms with van der Waals surface area (Å²) in [6.45, 7) is 5.17. The molecule has 0 spiro atoms. The summed E-state index contributed by atoms with van der Waals surface area (Å²) >= 11 is 0. The molecule has 114 valence electrons. The minimum absolute atomic E-state index is 0.0588. The third-order valence-corrected chi connectivity index (χ3v) is 3.64. The van der Waals surface area contributed by atoms with Gasteiger partial charge in [0.1, 0.15) is 0 Å². The number of oxime groups is 1. The molecule has 1 saturated heterocycles. The first-order valence-electron chi connectivity index (χ1n) is 6.99. The average molecular weight is 291 g/mol. The third-order valence-electron chi connectivity index (χ3n) is 3.64. The summed E-state index contributed by atoms with van der Waals surface area (Å²) in [6, 6.07) is 7.22. The lowest BCUT2D eigenvalue weighted by Crippen LogP contribution is -2.50. The maximum Gasteiger partial charge on any atom is 0.227 e. The van der Waals surface area contributed by atoms with Crippen LogP contribution in [0.2, 0.25) is 0 Å². The van der Waals surface area contributed by atoms with Gasteiger partial charge in [-0.2, -0.15) is 0 Å². The van der Waals surface area contributed by atoms with E-state index in [0.717, 1.165) is 5.56 Å². The third kappa shape index (κ3) is 3.72. The van der Waals surface area contributed by atoms with Crippen molar-refractivity contribution in [2.75, 3.05) is 13.2 Å². The van der Waals surface area contributed by atoms with Gasteiger partial charge in [-0.1, -0.05) is 29.4 Å². The Morgan fingerprint density at radius 3 is 2.71 bits per heavy atom. The van der Waals surface area contributed by atoms with E-state index in [2.05, 4.69) is 5.16 Å². The molecular weight excluding hydrogens is 270 g/mol. The zero-order valence-corrected chi connectivity index (χ0v) is 12.3. The van der Waals surface area contributed by atoms with Crippen LogP contribution in [0.4, 0.5) is 0 Å². The normalized spacial score (nSPS) is 23.1. The molecule has 3 N–H and O–H groups in total. The van der Waals surface area contributed by atoms with E-state index in [0.29, 0.717) is 25.1 Å². The Morgan fingerprint density at radius 1 is 1.43 bits per heavy atom. The fourth-order valence-corrected chi connectivity index (χ4v) is 2.38. The van der Waals surface area contributed by atoms with E-state index in [-0.39, 0.29) is 23.9 Å². The molecule has 21 heavy (non-hydrogen) atoms. The van der Waals surface area contributed by atoms with Gasteiger partial charge in [0.2, 0.25) is 5.91 Å². The number of rotatable bonds is 3. The Kier molecular flexibility index (Phi) is 4.80. The Hall–Kier alpha value is -2.08.